The van der Waals surface area contributed by atoms with E-state index in [-0.39, 0.29) is 5.91 Å². The molecule has 6 heteroatoms. The highest BCUT2D eigenvalue weighted by Gasteiger charge is 2.17. The number of aromatic nitrogens is 2. The SMILES string of the molecule is Cc1ccc(-c2cc(C(=O)Nc3nc(-c4ccc5ccccc5c4)cs3)c3ccccc3n2)o1. The number of amides is 1. The summed E-state index contributed by atoms with van der Waals surface area (Å²) in [5.41, 5.74) is 3.72. The fraction of sp³-hybridized carbons (Fsp3) is 0.0357. The summed E-state index contributed by atoms with van der Waals surface area (Å²) in [6.07, 6.45) is 0. The number of carbonyl (C=O) groups excluding carboxylic acids is 1. The van der Waals surface area contributed by atoms with Crippen molar-refractivity contribution in [2.24, 2.45) is 0 Å². The van der Waals surface area contributed by atoms with Gasteiger partial charge in [0.05, 0.1) is 16.8 Å². The van der Waals surface area contributed by atoms with Gasteiger partial charge in [0, 0.05) is 16.3 Å². The minimum atomic E-state index is -0.234. The Morgan fingerprint density at radius 2 is 1.68 bits per heavy atom. The molecule has 6 aromatic rings. The number of fused-ring (bicyclic) bond motifs is 2. The summed E-state index contributed by atoms with van der Waals surface area (Å²) in [5.74, 6) is 1.19. The van der Waals surface area contributed by atoms with E-state index in [0.717, 1.165) is 33.3 Å². The number of para-hydroxylation sites is 1. The molecule has 3 heterocycles. The Morgan fingerprint density at radius 1 is 0.853 bits per heavy atom. The predicted molar refractivity (Wildman–Crippen MR) is 137 cm³/mol. The van der Waals surface area contributed by atoms with Crippen LogP contribution in [0.1, 0.15) is 16.1 Å². The van der Waals surface area contributed by atoms with E-state index in [1.807, 2.05) is 60.8 Å². The molecule has 1 amide bonds. The van der Waals surface area contributed by atoms with Gasteiger partial charge in [0.1, 0.15) is 11.5 Å². The molecule has 3 aromatic heterocycles. The van der Waals surface area contributed by atoms with Gasteiger partial charge in [-0.1, -0.05) is 54.6 Å². The summed E-state index contributed by atoms with van der Waals surface area (Å²) in [7, 11) is 0. The maximum absolute atomic E-state index is 13.3. The van der Waals surface area contributed by atoms with Gasteiger partial charge in [-0.3, -0.25) is 10.1 Å². The van der Waals surface area contributed by atoms with Crippen molar-refractivity contribution in [2.75, 3.05) is 5.32 Å². The molecular formula is C28H19N3O2S. The first-order chi connectivity index (χ1) is 16.6. The van der Waals surface area contributed by atoms with Crippen LogP contribution in [-0.4, -0.2) is 15.9 Å². The number of carbonyl (C=O) groups is 1. The molecule has 164 valence electrons. The number of thiazole rings is 1. The van der Waals surface area contributed by atoms with Gasteiger partial charge in [-0.2, -0.15) is 0 Å². The maximum Gasteiger partial charge on any atom is 0.258 e. The lowest BCUT2D eigenvalue weighted by molar-refractivity contribution is 0.102. The molecule has 34 heavy (non-hydrogen) atoms. The quantitative estimate of drug-likeness (QED) is 0.298. The number of nitrogens with one attached hydrogen (secondary N) is 1. The predicted octanol–water partition coefficient (Wildman–Crippen LogP) is 7.33. The zero-order chi connectivity index (χ0) is 23.1. The normalized spacial score (nSPS) is 11.2. The topological polar surface area (TPSA) is 68.0 Å². The number of hydrogen-bond acceptors (Lipinski definition) is 5. The molecule has 5 nitrogen and oxygen atoms in total. The summed E-state index contributed by atoms with van der Waals surface area (Å²) in [5, 5.41) is 8.59. The minimum absolute atomic E-state index is 0.234. The van der Waals surface area contributed by atoms with Crippen molar-refractivity contribution in [3.63, 3.8) is 0 Å². The highest BCUT2D eigenvalue weighted by atomic mass is 32.1. The van der Waals surface area contributed by atoms with Crippen molar-refractivity contribution >= 4 is 44.1 Å². The molecule has 0 radical (unpaired) electrons. The molecule has 6 rings (SSSR count). The Hall–Kier alpha value is -4.29. The number of rotatable bonds is 4. The summed E-state index contributed by atoms with van der Waals surface area (Å²) in [6, 6.07) is 27.6. The highest BCUT2D eigenvalue weighted by molar-refractivity contribution is 7.14. The van der Waals surface area contributed by atoms with Crippen LogP contribution >= 0.6 is 11.3 Å². The van der Waals surface area contributed by atoms with Crippen LogP contribution in [0.2, 0.25) is 0 Å². The molecule has 0 aliphatic rings. The van der Waals surface area contributed by atoms with E-state index in [0.29, 0.717) is 22.1 Å². The van der Waals surface area contributed by atoms with Crippen LogP contribution in [0.3, 0.4) is 0 Å². The maximum atomic E-state index is 13.3. The van der Waals surface area contributed by atoms with Gasteiger partial charge < -0.3 is 4.42 Å². The summed E-state index contributed by atoms with van der Waals surface area (Å²) in [6.45, 7) is 1.88. The van der Waals surface area contributed by atoms with E-state index >= 15 is 0 Å². The van der Waals surface area contributed by atoms with Gasteiger partial charge in [0.2, 0.25) is 0 Å². The lowest BCUT2D eigenvalue weighted by atomic mass is 10.1. The molecule has 3 aromatic carbocycles. The first-order valence-corrected chi connectivity index (χ1v) is 11.7. The van der Waals surface area contributed by atoms with Crippen molar-refractivity contribution < 1.29 is 9.21 Å². The van der Waals surface area contributed by atoms with Crippen LogP contribution in [-0.2, 0) is 0 Å². The van der Waals surface area contributed by atoms with Crippen molar-refractivity contribution in [2.45, 2.75) is 6.92 Å². The fourth-order valence-electron chi connectivity index (χ4n) is 4.04. The molecule has 0 spiro atoms. The van der Waals surface area contributed by atoms with Crippen molar-refractivity contribution in [1.29, 1.82) is 0 Å². The molecule has 0 fully saturated rings. The zero-order valence-corrected chi connectivity index (χ0v) is 19.1. The van der Waals surface area contributed by atoms with Crippen molar-refractivity contribution in [1.82, 2.24) is 9.97 Å². The highest BCUT2D eigenvalue weighted by Crippen LogP contribution is 2.30. The number of aryl methyl sites for hydroxylation is 1. The van der Waals surface area contributed by atoms with Crippen LogP contribution in [0.25, 0.3) is 44.4 Å². The minimum Gasteiger partial charge on any atom is -0.460 e. The Morgan fingerprint density at radius 3 is 2.53 bits per heavy atom. The van der Waals surface area contributed by atoms with E-state index in [1.54, 1.807) is 6.07 Å². The van der Waals surface area contributed by atoms with Crippen LogP contribution in [0.15, 0.2) is 94.7 Å². The molecule has 0 saturated heterocycles. The van der Waals surface area contributed by atoms with Crippen molar-refractivity contribution in [3.8, 4) is 22.7 Å². The number of furan rings is 1. The molecule has 0 unspecified atom stereocenters. The van der Waals surface area contributed by atoms with Crippen LogP contribution in [0.4, 0.5) is 5.13 Å². The summed E-state index contributed by atoms with van der Waals surface area (Å²) >= 11 is 1.40. The van der Waals surface area contributed by atoms with E-state index in [9.17, 15) is 4.79 Å². The molecule has 0 bridgehead atoms. The number of hydrogen-bond donors (Lipinski definition) is 1. The lowest BCUT2D eigenvalue weighted by Gasteiger charge is -2.08. The Balaban J connectivity index is 1.33. The number of pyridine rings is 1. The Bertz CT molecular complexity index is 1680. The largest absolute Gasteiger partial charge is 0.460 e. The first kappa shape index (κ1) is 20.3. The lowest BCUT2D eigenvalue weighted by Crippen LogP contribution is -2.13. The van der Waals surface area contributed by atoms with Crippen molar-refractivity contribution in [3.05, 3.63) is 102 Å². The van der Waals surface area contributed by atoms with Gasteiger partial charge in [-0.05, 0) is 48.0 Å². The van der Waals surface area contributed by atoms with Gasteiger partial charge in [-0.25, -0.2) is 9.97 Å². The van der Waals surface area contributed by atoms with E-state index in [2.05, 4.69) is 40.6 Å². The number of benzene rings is 3. The summed E-state index contributed by atoms with van der Waals surface area (Å²) in [4.78, 5) is 22.7. The molecule has 0 aliphatic carbocycles. The third-order valence-corrected chi connectivity index (χ3v) is 6.48. The van der Waals surface area contributed by atoms with Crippen LogP contribution < -0.4 is 5.32 Å². The van der Waals surface area contributed by atoms with Crippen LogP contribution in [0, 0.1) is 6.92 Å². The van der Waals surface area contributed by atoms with Crippen LogP contribution in [0.5, 0.6) is 0 Å². The molecular weight excluding hydrogens is 442 g/mol. The second kappa shape index (κ2) is 8.24. The van der Waals surface area contributed by atoms with Gasteiger partial charge in [0.25, 0.3) is 5.91 Å². The average molecular weight is 462 g/mol. The smallest absolute Gasteiger partial charge is 0.258 e. The zero-order valence-electron chi connectivity index (χ0n) is 18.3. The molecule has 0 aliphatic heterocycles. The van der Waals surface area contributed by atoms with E-state index < -0.39 is 0 Å². The van der Waals surface area contributed by atoms with Gasteiger partial charge >= 0.3 is 0 Å². The first-order valence-electron chi connectivity index (χ1n) is 10.9. The Labute approximate surface area is 199 Å². The molecule has 0 saturated carbocycles. The number of nitrogens with zero attached hydrogens (tertiary/aromatic N) is 2. The van der Waals surface area contributed by atoms with E-state index in [4.69, 9.17) is 9.40 Å². The number of anilines is 1. The Kier molecular flexibility index (Phi) is 4.93. The average Bonchev–Trinajstić information content (AvgIpc) is 3.52. The monoisotopic (exact) mass is 461 g/mol. The van der Waals surface area contributed by atoms with Gasteiger partial charge in [-0.15, -0.1) is 11.3 Å². The second-order valence-electron chi connectivity index (χ2n) is 8.04. The molecule has 0 atom stereocenters. The van der Waals surface area contributed by atoms with E-state index in [1.165, 1.54) is 16.7 Å². The van der Waals surface area contributed by atoms with Gasteiger partial charge in [0.15, 0.2) is 10.9 Å². The molecule has 1 N–H and O–H groups in total. The third-order valence-electron chi connectivity index (χ3n) is 5.72. The fourth-order valence-corrected chi connectivity index (χ4v) is 4.75. The standard InChI is InChI=1S/C28H19N3O2S/c1-17-10-13-26(33-17)24-15-22(21-8-4-5-9-23(21)29-24)27(32)31-28-30-25(16-34-28)20-12-11-18-6-2-3-7-19(18)14-20/h2-16H,1H3,(H,30,31,32). The third kappa shape index (κ3) is 3.74. The summed E-state index contributed by atoms with van der Waals surface area (Å²) < 4.78 is 5.75. The second-order valence-corrected chi connectivity index (χ2v) is 8.89.